The highest BCUT2D eigenvalue weighted by Gasteiger charge is 2.14. The number of rotatable bonds is 6. The Kier molecular flexibility index (Phi) is 5.65. The topological polar surface area (TPSA) is 72.5 Å². The summed E-state index contributed by atoms with van der Waals surface area (Å²) in [6.45, 7) is 1.23. The summed E-state index contributed by atoms with van der Waals surface area (Å²) in [7, 11) is 0. The molecule has 0 amide bonds. The van der Waals surface area contributed by atoms with Crippen LogP contribution >= 0.6 is 0 Å². The Morgan fingerprint density at radius 2 is 2.07 bits per heavy atom. The third kappa shape index (κ3) is 5.14. The van der Waals surface area contributed by atoms with E-state index in [1.807, 2.05) is 0 Å². The molecular formula is C11H21NO3. The molecule has 0 bridgehead atoms. The Bertz CT molecular complexity index is 190. The van der Waals surface area contributed by atoms with Crippen LogP contribution in [0.4, 0.5) is 0 Å². The van der Waals surface area contributed by atoms with Gasteiger partial charge in [0.05, 0.1) is 0 Å². The molecule has 3 N–H and O–H groups in total. The summed E-state index contributed by atoms with van der Waals surface area (Å²) in [6, 6.07) is -0.781. The Hall–Kier alpha value is -0.610. The van der Waals surface area contributed by atoms with Gasteiger partial charge in [-0.05, 0) is 25.2 Å². The second kappa shape index (κ2) is 6.80. The van der Waals surface area contributed by atoms with Gasteiger partial charge in [0.25, 0.3) is 0 Å². The molecule has 1 aliphatic rings. The van der Waals surface area contributed by atoms with Crippen molar-refractivity contribution in [2.24, 2.45) is 11.7 Å². The van der Waals surface area contributed by atoms with Crippen molar-refractivity contribution >= 4 is 5.97 Å². The molecule has 4 nitrogen and oxygen atoms in total. The van der Waals surface area contributed by atoms with Gasteiger partial charge < -0.3 is 15.6 Å². The number of hydrogen-bond donors (Lipinski definition) is 2. The van der Waals surface area contributed by atoms with Gasteiger partial charge in [-0.3, -0.25) is 4.79 Å². The predicted octanol–water partition coefficient (Wildman–Crippen LogP) is 1.39. The largest absolute Gasteiger partial charge is 0.480 e. The number of aliphatic carboxylic acids is 1. The Morgan fingerprint density at radius 3 is 2.67 bits per heavy atom. The lowest BCUT2D eigenvalue weighted by Gasteiger charge is -2.21. The summed E-state index contributed by atoms with van der Waals surface area (Å²) in [5, 5.41) is 8.55. The zero-order valence-electron chi connectivity index (χ0n) is 9.15. The normalized spacial score (nSPS) is 20.1. The van der Waals surface area contributed by atoms with E-state index >= 15 is 0 Å². The van der Waals surface area contributed by atoms with E-state index in [1.165, 1.54) is 32.1 Å². The summed E-state index contributed by atoms with van der Waals surface area (Å²) < 4.78 is 5.45. The lowest BCUT2D eigenvalue weighted by molar-refractivity contribution is -0.139. The van der Waals surface area contributed by atoms with E-state index in [0.717, 1.165) is 6.61 Å². The fourth-order valence-corrected chi connectivity index (χ4v) is 1.94. The minimum atomic E-state index is -0.948. The summed E-state index contributed by atoms with van der Waals surface area (Å²) >= 11 is 0. The molecule has 1 saturated carbocycles. The van der Waals surface area contributed by atoms with Gasteiger partial charge >= 0.3 is 5.97 Å². The Labute approximate surface area is 90.8 Å². The van der Waals surface area contributed by atoms with Crippen molar-refractivity contribution in [3.63, 3.8) is 0 Å². The fourth-order valence-electron chi connectivity index (χ4n) is 1.94. The molecule has 1 atom stereocenters. The van der Waals surface area contributed by atoms with Crippen LogP contribution in [0.25, 0.3) is 0 Å². The quantitative estimate of drug-likeness (QED) is 0.657. The van der Waals surface area contributed by atoms with Crippen molar-refractivity contribution in [1.29, 1.82) is 0 Å². The van der Waals surface area contributed by atoms with Crippen LogP contribution in [0.3, 0.4) is 0 Å². The van der Waals surface area contributed by atoms with E-state index < -0.39 is 12.0 Å². The standard InChI is InChI=1S/C11H21NO3/c12-10(11(13)14)6-7-15-8-9-4-2-1-3-5-9/h9-10H,1-8,12H2,(H,13,14). The molecule has 1 fully saturated rings. The highest BCUT2D eigenvalue weighted by Crippen LogP contribution is 2.23. The average molecular weight is 215 g/mol. The van der Waals surface area contributed by atoms with Gasteiger partial charge in [-0.25, -0.2) is 0 Å². The molecule has 0 aromatic carbocycles. The lowest BCUT2D eigenvalue weighted by Crippen LogP contribution is -2.31. The number of carbonyl (C=O) groups is 1. The lowest BCUT2D eigenvalue weighted by atomic mass is 9.90. The zero-order chi connectivity index (χ0) is 11.1. The van der Waals surface area contributed by atoms with Crippen LogP contribution in [0.15, 0.2) is 0 Å². The van der Waals surface area contributed by atoms with Gasteiger partial charge in [-0.1, -0.05) is 19.3 Å². The highest BCUT2D eigenvalue weighted by molar-refractivity contribution is 5.72. The number of hydrogen-bond acceptors (Lipinski definition) is 3. The molecule has 88 valence electrons. The molecule has 0 radical (unpaired) electrons. The van der Waals surface area contributed by atoms with Gasteiger partial charge in [0.2, 0.25) is 0 Å². The van der Waals surface area contributed by atoms with Crippen molar-refractivity contribution in [2.75, 3.05) is 13.2 Å². The van der Waals surface area contributed by atoms with E-state index in [-0.39, 0.29) is 0 Å². The van der Waals surface area contributed by atoms with Crippen molar-refractivity contribution in [3.8, 4) is 0 Å². The maximum absolute atomic E-state index is 10.4. The van der Waals surface area contributed by atoms with E-state index in [2.05, 4.69) is 0 Å². The maximum Gasteiger partial charge on any atom is 0.320 e. The molecule has 4 heteroatoms. The molecule has 0 heterocycles. The molecular weight excluding hydrogens is 194 g/mol. The van der Waals surface area contributed by atoms with Gasteiger partial charge in [0.15, 0.2) is 0 Å². The first-order valence-corrected chi connectivity index (χ1v) is 5.76. The SMILES string of the molecule is NC(CCOCC1CCCCC1)C(=O)O. The van der Waals surface area contributed by atoms with E-state index in [1.54, 1.807) is 0 Å². The second-order valence-electron chi connectivity index (χ2n) is 4.31. The molecule has 1 aliphatic carbocycles. The monoisotopic (exact) mass is 215 g/mol. The van der Waals surface area contributed by atoms with Crippen LogP contribution in [0, 0.1) is 5.92 Å². The summed E-state index contributed by atoms with van der Waals surface area (Å²) in [5.74, 6) is -0.268. The maximum atomic E-state index is 10.4. The van der Waals surface area contributed by atoms with Crippen molar-refractivity contribution in [1.82, 2.24) is 0 Å². The van der Waals surface area contributed by atoms with Gasteiger partial charge in [-0.15, -0.1) is 0 Å². The fraction of sp³-hybridized carbons (Fsp3) is 0.909. The summed E-state index contributed by atoms with van der Waals surface area (Å²) in [6.07, 6.45) is 6.88. The first kappa shape index (κ1) is 12.5. The Morgan fingerprint density at radius 1 is 1.40 bits per heavy atom. The van der Waals surface area contributed by atoms with Gasteiger partial charge in [-0.2, -0.15) is 0 Å². The zero-order valence-corrected chi connectivity index (χ0v) is 9.15. The molecule has 1 rings (SSSR count). The first-order valence-electron chi connectivity index (χ1n) is 5.76. The van der Waals surface area contributed by atoms with E-state index in [4.69, 9.17) is 15.6 Å². The second-order valence-corrected chi connectivity index (χ2v) is 4.31. The Balaban J connectivity index is 1.98. The average Bonchev–Trinajstić information content (AvgIpc) is 2.25. The molecule has 0 aromatic heterocycles. The smallest absolute Gasteiger partial charge is 0.320 e. The number of ether oxygens (including phenoxy) is 1. The summed E-state index contributed by atoms with van der Waals surface area (Å²) in [4.78, 5) is 10.4. The van der Waals surface area contributed by atoms with Crippen molar-refractivity contribution < 1.29 is 14.6 Å². The predicted molar refractivity (Wildman–Crippen MR) is 57.6 cm³/mol. The molecule has 0 aromatic rings. The van der Waals surface area contributed by atoms with Crippen LogP contribution in [0.2, 0.25) is 0 Å². The van der Waals surface area contributed by atoms with Crippen LogP contribution in [0.5, 0.6) is 0 Å². The number of carboxylic acid groups (broad SMARTS) is 1. The summed E-state index contributed by atoms with van der Waals surface area (Å²) in [5.41, 5.74) is 5.36. The molecule has 15 heavy (non-hydrogen) atoms. The third-order valence-electron chi connectivity index (χ3n) is 2.97. The number of carboxylic acids is 1. The molecule has 0 spiro atoms. The molecule has 0 saturated heterocycles. The number of nitrogens with two attached hydrogens (primary N) is 1. The minimum Gasteiger partial charge on any atom is -0.480 e. The molecule has 0 aliphatic heterocycles. The van der Waals surface area contributed by atoms with Crippen LogP contribution in [0.1, 0.15) is 38.5 Å². The van der Waals surface area contributed by atoms with E-state index in [0.29, 0.717) is 18.9 Å². The van der Waals surface area contributed by atoms with Crippen molar-refractivity contribution in [3.05, 3.63) is 0 Å². The first-order chi connectivity index (χ1) is 7.20. The van der Waals surface area contributed by atoms with Gasteiger partial charge in [0.1, 0.15) is 6.04 Å². The van der Waals surface area contributed by atoms with Gasteiger partial charge in [0, 0.05) is 13.2 Å². The third-order valence-corrected chi connectivity index (χ3v) is 2.97. The van der Waals surface area contributed by atoms with Crippen LogP contribution in [-0.2, 0) is 9.53 Å². The van der Waals surface area contributed by atoms with Crippen LogP contribution in [-0.4, -0.2) is 30.3 Å². The highest BCUT2D eigenvalue weighted by atomic mass is 16.5. The van der Waals surface area contributed by atoms with Crippen LogP contribution < -0.4 is 5.73 Å². The minimum absolute atomic E-state index is 0.405. The van der Waals surface area contributed by atoms with Crippen molar-refractivity contribution in [2.45, 2.75) is 44.6 Å². The molecule has 1 unspecified atom stereocenters. The van der Waals surface area contributed by atoms with E-state index in [9.17, 15) is 4.79 Å².